The van der Waals surface area contributed by atoms with Gasteiger partial charge in [-0.15, -0.1) is 0 Å². The lowest BCUT2D eigenvalue weighted by Crippen LogP contribution is -2.37. The van der Waals surface area contributed by atoms with Crippen molar-refractivity contribution in [3.8, 4) is 0 Å². The summed E-state index contributed by atoms with van der Waals surface area (Å²) in [6.07, 6.45) is 0.289. The second-order valence-corrected chi connectivity index (χ2v) is 3.44. The van der Waals surface area contributed by atoms with E-state index in [9.17, 15) is 9.59 Å². The van der Waals surface area contributed by atoms with Gasteiger partial charge in [-0.3, -0.25) is 9.69 Å². The molecule has 0 aromatic carbocycles. The largest absolute Gasteiger partial charge is 0.466 e. The average molecular weight is 231 g/mol. The molecule has 0 unspecified atom stereocenters. The number of carbonyl (C=O) groups excluding carboxylic acids is 2. The molecule has 0 aliphatic carbocycles. The van der Waals surface area contributed by atoms with E-state index in [1.807, 2.05) is 0 Å². The molecule has 6 heteroatoms. The van der Waals surface area contributed by atoms with Gasteiger partial charge in [0.25, 0.3) is 0 Å². The van der Waals surface area contributed by atoms with Gasteiger partial charge < -0.3 is 14.2 Å². The highest BCUT2D eigenvalue weighted by Gasteiger charge is 2.13. The zero-order valence-electron chi connectivity index (χ0n) is 9.44. The van der Waals surface area contributed by atoms with E-state index in [0.29, 0.717) is 19.8 Å². The van der Waals surface area contributed by atoms with E-state index < -0.39 is 5.97 Å². The smallest absolute Gasteiger partial charge is 0.344 e. The van der Waals surface area contributed by atoms with Crippen molar-refractivity contribution in [1.82, 2.24) is 4.90 Å². The Morgan fingerprint density at radius 2 is 1.94 bits per heavy atom. The van der Waals surface area contributed by atoms with Crippen LogP contribution in [0.3, 0.4) is 0 Å². The Kier molecular flexibility index (Phi) is 5.81. The summed E-state index contributed by atoms with van der Waals surface area (Å²) < 4.78 is 14.2. The minimum atomic E-state index is -0.542. The number of esters is 2. The Labute approximate surface area is 94.4 Å². The van der Waals surface area contributed by atoms with Crippen LogP contribution in [0.25, 0.3) is 0 Å². The Bertz CT molecular complexity index is 237. The van der Waals surface area contributed by atoms with Gasteiger partial charge in [0.15, 0.2) is 6.61 Å². The van der Waals surface area contributed by atoms with E-state index in [-0.39, 0.29) is 19.0 Å². The third-order valence-electron chi connectivity index (χ3n) is 2.31. The lowest BCUT2D eigenvalue weighted by molar-refractivity contribution is -0.157. The van der Waals surface area contributed by atoms with Gasteiger partial charge in [0, 0.05) is 19.6 Å². The van der Waals surface area contributed by atoms with Crippen LogP contribution < -0.4 is 0 Å². The zero-order chi connectivity index (χ0) is 11.8. The van der Waals surface area contributed by atoms with Gasteiger partial charge in [0.1, 0.15) is 0 Å². The molecule has 0 spiro atoms. The highest BCUT2D eigenvalue weighted by atomic mass is 16.6. The highest BCUT2D eigenvalue weighted by Crippen LogP contribution is 1.99. The van der Waals surface area contributed by atoms with Crippen molar-refractivity contribution >= 4 is 11.9 Å². The molecule has 0 radical (unpaired) electrons. The zero-order valence-corrected chi connectivity index (χ0v) is 9.44. The van der Waals surface area contributed by atoms with Crippen molar-refractivity contribution in [2.45, 2.75) is 6.42 Å². The molecule has 1 rings (SSSR count). The molecule has 0 saturated carbocycles. The molecule has 0 amide bonds. The predicted molar refractivity (Wildman–Crippen MR) is 54.9 cm³/mol. The first-order valence-electron chi connectivity index (χ1n) is 5.25. The summed E-state index contributed by atoms with van der Waals surface area (Å²) in [5.41, 5.74) is 0. The summed E-state index contributed by atoms with van der Waals surface area (Å²) in [5.74, 6) is -0.920. The molecule has 1 saturated heterocycles. The van der Waals surface area contributed by atoms with Crippen LogP contribution in [-0.2, 0) is 23.8 Å². The number of rotatable bonds is 5. The molecule has 0 aromatic heterocycles. The minimum absolute atomic E-state index is 0.289. The van der Waals surface area contributed by atoms with Crippen LogP contribution in [0.1, 0.15) is 6.42 Å². The van der Waals surface area contributed by atoms with Crippen molar-refractivity contribution in [3.63, 3.8) is 0 Å². The molecule has 1 heterocycles. The third-order valence-corrected chi connectivity index (χ3v) is 2.31. The first kappa shape index (κ1) is 12.9. The summed E-state index contributed by atoms with van der Waals surface area (Å²) in [4.78, 5) is 24.0. The summed E-state index contributed by atoms with van der Waals surface area (Å²) in [5, 5.41) is 0. The van der Waals surface area contributed by atoms with Crippen LogP contribution in [0.5, 0.6) is 0 Å². The van der Waals surface area contributed by atoms with Gasteiger partial charge in [-0.25, -0.2) is 4.79 Å². The summed E-state index contributed by atoms with van der Waals surface area (Å²) in [6.45, 7) is 3.42. The first-order valence-corrected chi connectivity index (χ1v) is 5.25. The Hall–Kier alpha value is -1.14. The molecule has 0 atom stereocenters. The number of nitrogens with zero attached hydrogens (tertiary/aromatic N) is 1. The SMILES string of the molecule is COC(=O)COC(=O)CCN1CCOCC1. The first-order chi connectivity index (χ1) is 7.72. The van der Waals surface area contributed by atoms with Crippen molar-refractivity contribution in [3.05, 3.63) is 0 Å². The second kappa shape index (κ2) is 7.19. The monoisotopic (exact) mass is 231 g/mol. The summed E-state index contributed by atoms with van der Waals surface area (Å²) >= 11 is 0. The average Bonchev–Trinajstić information content (AvgIpc) is 2.34. The van der Waals surface area contributed by atoms with E-state index in [0.717, 1.165) is 13.1 Å². The number of morpholine rings is 1. The molecular weight excluding hydrogens is 214 g/mol. The molecule has 1 fully saturated rings. The fourth-order valence-corrected chi connectivity index (χ4v) is 1.34. The fourth-order valence-electron chi connectivity index (χ4n) is 1.34. The number of methoxy groups -OCH3 is 1. The van der Waals surface area contributed by atoms with Crippen molar-refractivity contribution in [2.24, 2.45) is 0 Å². The lowest BCUT2D eigenvalue weighted by Gasteiger charge is -2.25. The number of hydrogen-bond acceptors (Lipinski definition) is 6. The van der Waals surface area contributed by atoms with Gasteiger partial charge in [-0.05, 0) is 0 Å². The number of ether oxygens (including phenoxy) is 3. The van der Waals surface area contributed by atoms with Crippen molar-refractivity contribution < 1.29 is 23.8 Å². The normalized spacial score (nSPS) is 16.8. The van der Waals surface area contributed by atoms with Crippen LogP contribution in [0.2, 0.25) is 0 Å². The summed E-state index contributed by atoms with van der Waals surface area (Å²) in [6, 6.07) is 0. The van der Waals surface area contributed by atoms with Gasteiger partial charge in [0.05, 0.1) is 26.7 Å². The third kappa shape index (κ3) is 5.09. The lowest BCUT2D eigenvalue weighted by atomic mass is 10.3. The maximum atomic E-state index is 11.2. The van der Waals surface area contributed by atoms with E-state index in [1.165, 1.54) is 7.11 Å². The molecule has 0 aromatic rings. The van der Waals surface area contributed by atoms with Gasteiger partial charge >= 0.3 is 11.9 Å². The maximum Gasteiger partial charge on any atom is 0.344 e. The quantitative estimate of drug-likeness (QED) is 0.590. The molecule has 1 aliphatic heterocycles. The van der Waals surface area contributed by atoms with Gasteiger partial charge in [-0.2, -0.15) is 0 Å². The Balaban J connectivity index is 2.07. The van der Waals surface area contributed by atoms with E-state index in [1.54, 1.807) is 0 Å². The summed E-state index contributed by atoms with van der Waals surface area (Å²) in [7, 11) is 1.25. The highest BCUT2D eigenvalue weighted by molar-refractivity contribution is 5.76. The number of hydrogen-bond donors (Lipinski definition) is 0. The van der Waals surface area contributed by atoms with Crippen LogP contribution in [0.15, 0.2) is 0 Å². The molecule has 92 valence electrons. The minimum Gasteiger partial charge on any atom is -0.466 e. The van der Waals surface area contributed by atoms with Gasteiger partial charge in [-0.1, -0.05) is 0 Å². The molecule has 6 nitrogen and oxygen atoms in total. The van der Waals surface area contributed by atoms with Crippen molar-refractivity contribution in [2.75, 3.05) is 46.6 Å². The van der Waals surface area contributed by atoms with Gasteiger partial charge in [0.2, 0.25) is 0 Å². The molecule has 1 aliphatic rings. The topological polar surface area (TPSA) is 65.1 Å². The van der Waals surface area contributed by atoms with Crippen molar-refractivity contribution in [1.29, 1.82) is 0 Å². The maximum absolute atomic E-state index is 11.2. The molecular formula is C10H17NO5. The predicted octanol–water partition coefficient (Wildman–Crippen LogP) is -0.575. The van der Waals surface area contributed by atoms with Crippen LogP contribution >= 0.6 is 0 Å². The van der Waals surface area contributed by atoms with E-state index >= 15 is 0 Å². The van der Waals surface area contributed by atoms with Crippen LogP contribution in [0.4, 0.5) is 0 Å². The van der Waals surface area contributed by atoms with E-state index in [2.05, 4.69) is 9.64 Å². The second-order valence-electron chi connectivity index (χ2n) is 3.44. The molecule has 0 bridgehead atoms. The molecule has 16 heavy (non-hydrogen) atoms. The van der Waals surface area contributed by atoms with E-state index in [4.69, 9.17) is 9.47 Å². The standard InChI is InChI=1S/C10H17NO5/c1-14-10(13)8-16-9(12)2-3-11-4-6-15-7-5-11/h2-8H2,1H3. The Morgan fingerprint density at radius 1 is 1.25 bits per heavy atom. The van der Waals surface area contributed by atoms with Crippen LogP contribution in [-0.4, -0.2) is 63.4 Å². The Morgan fingerprint density at radius 3 is 2.56 bits per heavy atom. The van der Waals surface area contributed by atoms with Crippen LogP contribution in [0, 0.1) is 0 Å². The fraction of sp³-hybridized carbons (Fsp3) is 0.800. The molecule has 0 N–H and O–H groups in total. The number of carbonyl (C=O) groups is 2.